The molecule has 37 heavy (non-hydrogen) atoms. The van der Waals surface area contributed by atoms with Crippen LogP contribution in [0.3, 0.4) is 0 Å². The first kappa shape index (κ1) is 26.4. The molecule has 3 aromatic rings. The molecule has 0 aromatic heterocycles. The minimum atomic E-state index is -0.578. The molecule has 1 atom stereocenters. The lowest BCUT2D eigenvalue weighted by molar-refractivity contribution is -0.141. The third-order valence-electron chi connectivity index (χ3n) is 7.07. The van der Waals surface area contributed by atoms with Gasteiger partial charge < -0.3 is 10.2 Å². The van der Waals surface area contributed by atoms with Crippen LogP contribution in [0.5, 0.6) is 0 Å². The molecular weight excluding hydrogens is 456 g/mol. The van der Waals surface area contributed by atoms with Crippen LogP contribution < -0.4 is 5.32 Å². The highest BCUT2D eigenvalue weighted by Gasteiger charge is 2.30. The van der Waals surface area contributed by atoms with Crippen LogP contribution in [-0.4, -0.2) is 29.3 Å². The summed E-state index contributed by atoms with van der Waals surface area (Å²) in [6.07, 6.45) is 9.46. The van der Waals surface area contributed by atoms with Crippen molar-refractivity contribution in [1.82, 2.24) is 10.2 Å². The number of hydrogen-bond acceptors (Lipinski definition) is 2. The lowest BCUT2D eigenvalue weighted by Crippen LogP contribution is -2.50. The smallest absolute Gasteiger partial charge is 0.243 e. The van der Waals surface area contributed by atoms with E-state index >= 15 is 0 Å². The van der Waals surface area contributed by atoms with Crippen LogP contribution in [0.25, 0.3) is 0 Å². The summed E-state index contributed by atoms with van der Waals surface area (Å²) in [6, 6.07) is 29.5. The fourth-order valence-corrected chi connectivity index (χ4v) is 4.97. The van der Waals surface area contributed by atoms with Crippen molar-refractivity contribution in [1.29, 1.82) is 0 Å². The molecule has 1 aliphatic rings. The molecule has 0 fully saturated rings. The van der Waals surface area contributed by atoms with Crippen molar-refractivity contribution < 1.29 is 9.59 Å². The minimum Gasteiger partial charge on any atom is -0.354 e. The number of hydrogen-bond donors (Lipinski definition) is 1. The Hall–Kier alpha value is -3.66. The highest BCUT2D eigenvalue weighted by atomic mass is 16.2. The van der Waals surface area contributed by atoms with Crippen LogP contribution in [0.1, 0.15) is 55.2 Å². The van der Waals surface area contributed by atoms with Crippen molar-refractivity contribution in [3.8, 4) is 0 Å². The molecule has 0 saturated heterocycles. The van der Waals surface area contributed by atoms with Crippen LogP contribution in [0.15, 0.2) is 103 Å². The molecule has 192 valence electrons. The van der Waals surface area contributed by atoms with Gasteiger partial charge in [-0.25, -0.2) is 0 Å². The molecule has 4 heteroatoms. The summed E-state index contributed by atoms with van der Waals surface area (Å²) in [6.45, 7) is 1.01. The van der Waals surface area contributed by atoms with Crippen LogP contribution >= 0.6 is 0 Å². The molecule has 0 heterocycles. The first-order valence-electron chi connectivity index (χ1n) is 13.6. The van der Waals surface area contributed by atoms with Gasteiger partial charge in [-0.05, 0) is 55.2 Å². The second-order valence-corrected chi connectivity index (χ2v) is 9.85. The topological polar surface area (TPSA) is 49.4 Å². The van der Waals surface area contributed by atoms with E-state index in [1.54, 1.807) is 4.90 Å². The van der Waals surface area contributed by atoms with E-state index in [9.17, 15) is 9.59 Å². The number of nitrogens with zero attached hydrogens (tertiary/aromatic N) is 1. The zero-order valence-corrected chi connectivity index (χ0v) is 21.6. The molecule has 0 aliphatic heterocycles. The van der Waals surface area contributed by atoms with Crippen LogP contribution in [0.4, 0.5) is 0 Å². The van der Waals surface area contributed by atoms with E-state index in [1.807, 2.05) is 91.0 Å². The summed E-state index contributed by atoms with van der Waals surface area (Å²) < 4.78 is 0. The fourth-order valence-electron chi connectivity index (χ4n) is 4.97. The number of carbonyl (C=O) groups excluding carboxylic acids is 2. The molecule has 0 bridgehead atoms. The van der Waals surface area contributed by atoms with Crippen LogP contribution in [0, 0.1) is 0 Å². The quantitative estimate of drug-likeness (QED) is 0.302. The Bertz CT molecular complexity index is 1140. The van der Waals surface area contributed by atoms with Gasteiger partial charge in [-0.3, -0.25) is 9.59 Å². The maximum atomic E-state index is 13.7. The number of aryl methyl sites for hydroxylation is 1. The summed E-state index contributed by atoms with van der Waals surface area (Å²) >= 11 is 0. The molecule has 0 spiro atoms. The van der Waals surface area contributed by atoms with E-state index in [2.05, 4.69) is 11.4 Å². The van der Waals surface area contributed by atoms with Gasteiger partial charge in [0.2, 0.25) is 11.8 Å². The second-order valence-electron chi connectivity index (χ2n) is 9.85. The first-order valence-corrected chi connectivity index (χ1v) is 13.6. The molecular formula is C33H38N2O2. The average Bonchev–Trinajstić information content (AvgIpc) is 2.96. The fraction of sp³-hybridized carbons (Fsp3) is 0.333. The van der Waals surface area contributed by atoms with E-state index in [-0.39, 0.29) is 11.8 Å². The summed E-state index contributed by atoms with van der Waals surface area (Å²) in [7, 11) is 0. The maximum absolute atomic E-state index is 13.7. The van der Waals surface area contributed by atoms with Crippen molar-refractivity contribution in [2.45, 2.75) is 64.0 Å². The molecule has 3 aromatic carbocycles. The molecule has 0 unspecified atom stereocenters. The Morgan fingerprint density at radius 3 is 2.00 bits per heavy atom. The number of carbonyl (C=O) groups is 2. The van der Waals surface area contributed by atoms with Crippen LogP contribution in [0.2, 0.25) is 0 Å². The number of nitrogens with one attached hydrogen (secondary N) is 1. The van der Waals surface area contributed by atoms with E-state index in [1.165, 1.54) is 18.4 Å². The van der Waals surface area contributed by atoms with Gasteiger partial charge in [-0.1, -0.05) is 103 Å². The molecule has 1 aliphatic carbocycles. The Balaban J connectivity index is 1.53. The highest BCUT2D eigenvalue weighted by Crippen LogP contribution is 2.20. The van der Waals surface area contributed by atoms with Gasteiger partial charge in [-0.15, -0.1) is 0 Å². The largest absolute Gasteiger partial charge is 0.354 e. The summed E-state index contributed by atoms with van der Waals surface area (Å²) in [4.78, 5) is 29.2. The Morgan fingerprint density at radius 2 is 1.38 bits per heavy atom. The predicted molar refractivity (Wildman–Crippen MR) is 150 cm³/mol. The summed E-state index contributed by atoms with van der Waals surface area (Å²) in [5.41, 5.74) is 4.63. The first-order chi connectivity index (χ1) is 18.2. The predicted octanol–water partition coefficient (Wildman–Crippen LogP) is 6.27. The molecule has 4 rings (SSSR count). The Labute approximate surface area is 221 Å². The van der Waals surface area contributed by atoms with E-state index in [4.69, 9.17) is 0 Å². The van der Waals surface area contributed by atoms with E-state index in [0.29, 0.717) is 32.4 Å². The molecule has 0 saturated carbocycles. The number of rotatable bonds is 12. The number of amides is 2. The van der Waals surface area contributed by atoms with Crippen molar-refractivity contribution in [2.24, 2.45) is 0 Å². The lowest BCUT2D eigenvalue weighted by atomic mass is 9.97. The molecule has 2 amide bonds. The third kappa shape index (κ3) is 8.45. The lowest BCUT2D eigenvalue weighted by Gasteiger charge is -2.32. The van der Waals surface area contributed by atoms with Crippen molar-refractivity contribution in [3.05, 3.63) is 119 Å². The van der Waals surface area contributed by atoms with E-state index < -0.39 is 6.04 Å². The monoisotopic (exact) mass is 494 g/mol. The number of benzene rings is 3. The maximum Gasteiger partial charge on any atom is 0.243 e. The normalized spacial score (nSPS) is 13.9. The average molecular weight is 495 g/mol. The van der Waals surface area contributed by atoms with Crippen molar-refractivity contribution in [2.75, 3.05) is 6.54 Å². The minimum absolute atomic E-state index is 0.00113. The highest BCUT2D eigenvalue weighted by molar-refractivity contribution is 5.88. The summed E-state index contributed by atoms with van der Waals surface area (Å²) in [5.74, 6) is -0.0805. The SMILES string of the molecule is O=C(NCCC1=CCCCC1)[C@H](Cc1ccccc1)N(Cc1ccccc1)C(=O)CCc1ccccc1. The van der Waals surface area contributed by atoms with Gasteiger partial charge >= 0.3 is 0 Å². The zero-order chi connectivity index (χ0) is 25.7. The molecule has 1 N–H and O–H groups in total. The van der Waals surface area contributed by atoms with Crippen molar-refractivity contribution >= 4 is 11.8 Å². The van der Waals surface area contributed by atoms with Gasteiger partial charge in [0, 0.05) is 25.9 Å². The van der Waals surface area contributed by atoms with Gasteiger partial charge in [0.15, 0.2) is 0 Å². The Kier molecular flexibility index (Phi) is 10.1. The zero-order valence-electron chi connectivity index (χ0n) is 21.6. The second kappa shape index (κ2) is 14.2. The molecule has 4 nitrogen and oxygen atoms in total. The third-order valence-corrected chi connectivity index (χ3v) is 7.07. The van der Waals surface area contributed by atoms with Gasteiger partial charge in [0.25, 0.3) is 0 Å². The van der Waals surface area contributed by atoms with Crippen LogP contribution in [-0.2, 0) is 29.0 Å². The standard InChI is InChI=1S/C33H38N2O2/c36-32(22-21-27-13-5-1-6-14-27)35(26-30-19-11-4-12-20-30)31(25-29-17-9-3-10-18-29)33(37)34-24-23-28-15-7-2-8-16-28/h1,3-6,9-15,17-20,31H,2,7-8,16,21-26H2,(H,34,37)/t31-/m0/s1. The van der Waals surface area contributed by atoms with Gasteiger partial charge in [0.1, 0.15) is 6.04 Å². The molecule has 0 radical (unpaired) electrons. The van der Waals surface area contributed by atoms with Crippen molar-refractivity contribution in [3.63, 3.8) is 0 Å². The number of allylic oxidation sites excluding steroid dienone is 1. The van der Waals surface area contributed by atoms with E-state index in [0.717, 1.165) is 36.0 Å². The van der Waals surface area contributed by atoms with Gasteiger partial charge in [0.05, 0.1) is 0 Å². The van der Waals surface area contributed by atoms with Gasteiger partial charge in [-0.2, -0.15) is 0 Å². The Morgan fingerprint density at radius 1 is 0.757 bits per heavy atom. The summed E-state index contributed by atoms with van der Waals surface area (Å²) in [5, 5.41) is 3.17.